The molecule has 0 N–H and O–H groups in total. The highest BCUT2D eigenvalue weighted by atomic mass is 35.5. The predicted octanol–water partition coefficient (Wildman–Crippen LogP) is 5.57. The van der Waals surface area contributed by atoms with E-state index >= 15 is 0 Å². The van der Waals surface area contributed by atoms with Gasteiger partial charge < -0.3 is 9.80 Å². The monoisotopic (exact) mass is 539 g/mol. The van der Waals surface area contributed by atoms with Crippen LogP contribution in [-0.4, -0.2) is 71.8 Å². The van der Waals surface area contributed by atoms with Gasteiger partial charge in [0.25, 0.3) is 11.8 Å². The molecule has 2 fully saturated rings. The fourth-order valence-electron chi connectivity index (χ4n) is 4.60. The summed E-state index contributed by atoms with van der Waals surface area (Å²) < 4.78 is 0. The summed E-state index contributed by atoms with van der Waals surface area (Å²) in [6, 6.07) is 23.2. The molecule has 5 rings (SSSR count). The number of rotatable bonds is 6. The standard InChI is InChI=1S/C28H27Cl2N3O2S/c29-25-8-4-7-22(26(25)30)19-36-24-11-9-21(10-12-24)28(35)33-17-23(18-33)31-13-15-32(16-14-31)27(34)20-5-2-1-3-6-20/h1-12,23H,13-19H2. The molecule has 8 heteroatoms. The van der Waals surface area contributed by atoms with Gasteiger partial charge in [0, 0.05) is 67.1 Å². The SMILES string of the molecule is O=C(c1ccccc1)N1CCN(C2CN(C(=O)c3ccc(SCc4cccc(Cl)c4Cl)cc3)C2)CC1. The molecule has 0 saturated carbocycles. The Morgan fingerprint density at radius 3 is 2.08 bits per heavy atom. The molecular weight excluding hydrogens is 513 g/mol. The molecule has 0 aliphatic carbocycles. The van der Waals surface area contributed by atoms with Gasteiger partial charge in [0.2, 0.25) is 0 Å². The first-order chi connectivity index (χ1) is 17.5. The molecule has 186 valence electrons. The lowest BCUT2D eigenvalue weighted by atomic mass is 10.0. The minimum atomic E-state index is 0.0681. The van der Waals surface area contributed by atoms with Gasteiger partial charge in [-0.25, -0.2) is 0 Å². The molecule has 2 amide bonds. The number of carbonyl (C=O) groups is 2. The lowest BCUT2D eigenvalue weighted by Crippen LogP contribution is -2.64. The second kappa shape index (κ2) is 11.3. The van der Waals surface area contributed by atoms with Crippen LogP contribution in [0.4, 0.5) is 0 Å². The van der Waals surface area contributed by atoms with Crippen molar-refractivity contribution in [2.45, 2.75) is 16.7 Å². The van der Waals surface area contributed by atoms with E-state index in [0.717, 1.165) is 55.3 Å². The Morgan fingerprint density at radius 1 is 0.750 bits per heavy atom. The van der Waals surface area contributed by atoms with E-state index in [2.05, 4.69) is 4.90 Å². The third-order valence-corrected chi connectivity index (χ3v) is 8.73. The second-order valence-corrected chi connectivity index (χ2v) is 10.9. The maximum absolute atomic E-state index is 12.9. The van der Waals surface area contributed by atoms with Crippen LogP contribution in [0.3, 0.4) is 0 Å². The predicted molar refractivity (Wildman–Crippen MR) is 146 cm³/mol. The molecule has 3 aromatic rings. The Kier molecular flexibility index (Phi) is 7.87. The zero-order valence-corrected chi connectivity index (χ0v) is 22.1. The fraction of sp³-hybridized carbons (Fsp3) is 0.286. The van der Waals surface area contributed by atoms with Crippen LogP contribution in [0, 0.1) is 0 Å². The Bertz CT molecular complexity index is 1230. The van der Waals surface area contributed by atoms with Gasteiger partial charge >= 0.3 is 0 Å². The van der Waals surface area contributed by atoms with E-state index in [4.69, 9.17) is 23.2 Å². The van der Waals surface area contributed by atoms with Crippen molar-refractivity contribution in [3.8, 4) is 0 Å². The number of hydrogen-bond donors (Lipinski definition) is 0. The van der Waals surface area contributed by atoms with Crippen molar-refractivity contribution >= 4 is 46.8 Å². The van der Waals surface area contributed by atoms with Crippen LogP contribution in [0.5, 0.6) is 0 Å². The number of amides is 2. The molecule has 0 aromatic heterocycles. The Hall–Kier alpha value is -2.51. The number of benzene rings is 3. The first kappa shape index (κ1) is 25.2. The topological polar surface area (TPSA) is 43.9 Å². The largest absolute Gasteiger partial charge is 0.336 e. The highest BCUT2D eigenvalue weighted by molar-refractivity contribution is 7.98. The molecule has 0 atom stereocenters. The number of piperazine rings is 1. The summed E-state index contributed by atoms with van der Waals surface area (Å²) in [5.41, 5.74) is 2.44. The van der Waals surface area contributed by atoms with Gasteiger partial charge in [0.1, 0.15) is 0 Å². The average Bonchev–Trinajstić information content (AvgIpc) is 2.89. The van der Waals surface area contributed by atoms with Crippen molar-refractivity contribution in [1.29, 1.82) is 0 Å². The lowest BCUT2D eigenvalue weighted by molar-refractivity contribution is 0.00853. The van der Waals surface area contributed by atoms with E-state index in [1.165, 1.54) is 0 Å². The molecule has 0 unspecified atom stereocenters. The molecular formula is C28H27Cl2N3O2S. The third kappa shape index (κ3) is 5.57. The van der Waals surface area contributed by atoms with E-state index in [1.54, 1.807) is 17.8 Å². The zero-order valence-electron chi connectivity index (χ0n) is 19.8. The van der Waals surface area contributed by atoms with Crippen molar-refractivity contribution in [3.05, 3.63) is 99.5 Å². The van der Waals surface area contributed by atoms with Crippen LogP contribution in [0.2, 0.25) is 10.0 Å². The first-order valence-corrected chi connectivity index (χ1v) is 13.8. The van der Waals surface area contributed by atoms with Crippen molar-refractivity contribution in [2.75, 3.05) is 39.3 Å². The summed E-state index contributed by atoms with van der Waals surface area (Å²) in [4.78, 5) is 32.9. The highest BCUT2D eigenvalue weighted by Gasteiger charge is 2.37. The number of halogens is 2. The van der Waals surface area contributed by atoms with Crippen molar-refractivity contribution in [1.82, 2.24) is 14.7 Å². The first-order valence-electron chi connectivity index (χ1n) is 12.0. The van der Waals surface area contributed by atoms with E-state index in [0.29, 0.717) is 27.4 Å². The maximum atomic E-state index is 12.9. The van der Waals surface area contributed by atoms with Crippen molar-refractivity contribution < 1.29 is 9.59 Å². The number of carbonyl (C=O) groups excluding carboxylic acids is 2. The minimum Gasteiger partial charge on any atom is -0.336 e. The molecule has 0 spiro atoms. The summed E-state index contributed by atoms with van der Waals surface area (Å²) in [6.07, 6.45) is 0. The normalized spacial score (nSPS) is 16.6. The average molecular weight is 541 g/mol. The molecule has 0 bridgehead atoms. The van der Waals surface area contributed by atoms with Crippen LogP contribution in [0.25, 0.3) is 0 Å². The fourth-order valence-corrected chi connectivity index (χ4v) is 5.96. The van der Waals surface area contributed by atoms with Crippen molar-refractivity contribution in [3.63, 3.8) is 0 Å². The molecule has 2 heterocycles. The summed E-state index contributed by atoms with van der Waals surface area (Å²) in [7, 11) is 0. The highest BCUT2D eigenvalue weighted by Crippen LogP contribution is 2.31. The molecule has 3 aromatic carbocycles. The van der Waals surface area contributed by atoms with Gasteiger partial charge in [-0.3, -0.25) is 14.5 Å². The number of hydrogen-bond acceptors (Lipinski definition) is 4. The summed E-state index contributed by atoms with van der Waals surface area (Å²) in [5, 5.41) is 1.15. The number of thioether (sulfide) groups is 1. The van der Waals surface area contributed by atoms with E-state index < -0.39 is 0 Å². The van der Waals surface area contributed by atoms with E-state index in [1.807, 2.05) is 76.5 Å². The van der Waals surface area contributed by atoms with E-state index in [-0.39, 0.29) is 11.8 Å². The van der Waals surface area contributed by atoms with Crippen LogP contribution < -0.4 is 0 Å². The minimum absolute atomic E-state index is 0.0681. The zero-order chi connectivity index (χ0) is 25.1. The molecule has 2 saturated heterocycles. The molecule has 36 heavy (non-hydrogen) atoms. The summed E-state index contributed by atoms with van der Waals surface area (Å²) in [5.74, 6) is 0.876. The van der Waals surface area contributed by atoms with Gasteiger partial charge in [-0.05, 0) is 48.0 Å². The summed E-state index contributed by atoms with van der Waals surface area (Å²) >= 11 is 14.0. The van der Waals surface area contributed by atoms with Gasteiger partial charge in [-0.2, -0.15) is 0 Å². The summed E-state index contributed by atoms with van der Waals surface area (Å²) in [6.45, 7) is 4.58. The molecule has 2 aliphatic rings. The Labute approximate surface area is 226 Å². The molecule has 0 radical (unpaired) electrons. The molecule has 5 nitrogen and oxygen atoms in total. The van der Waals surface area contributed by atoms with Crippen LogP contribution >= 0.6 is 35.0 Å². The number of nitrogens with zero attached hydrogens (tertiary/aromatic N) is 3. The van der Waals surface area contributed by atoms with Gasteiger partial charge in [-0.1, -0.05) is 53.5 Å². The Balaban J connectivity index is 1.08. The van der Waals surface area contributed by atoms with Crippen LogP contribution in [0.15, 0.2) is 77.7 Å². The number of likely N-dealkylation sites (tertiary alicyclic amines) is 1. The van der Waals surface area contributed by atoms with E-state index in [9.17, 15) is 9.59 Å². The third-order valence-electron chi connectivity index (χ3n) is 6.82. The quantitative estimate of drug-likeness (QED) is 0.384. The van der Waals surface area contributed by atoms with Crippen LogP contribution in [-0.2, 0) is 5.75 Å². The van der Waals surface area contributed by atoms with Crippen molar-refractivity contribution in [2.24, 2.45) is 0 Å². The van der Waals surface area contributed by atoms with Gasteiger partial charge in [-0.15, -0.1) is 11.8 Å². The second-order valence-electron chi connectivity index (χ2n) is 9.08. The smallest absolute Gasteiger partial charge is 0.253 e. The lowest BCUT2D eigenvalue weighted by Gasteiger charge is -2.48. The van der Waals surface area contributed by atoms with Gasteiger partial charge in [0.05, 0.1) is 10.0 Å². The van der Waals surface area contributed by atoms with Crippen LogP contribution in [0.1, 0.15) is 26.3 Å². The van der Waals surface area contributed by atoms with Gasteiger partial charge in [0.15, 0.2) is 0 Å². The maximum Gasteiger partial charge on any atom is 0.253 e. The Morgan fingerprint density at radius 2 is 1.39 bits per heavy atom. The molecule has 2 aliphatic heterocycles.